The lowest BCUT2D eigenvalue weighted by atomic mass is 9.62. The fraction of sp³-hybridized carbons (Fsp3) is 0.483. The highest BCUT2D eigenvalue weighted by Gasteiger charge is 2.37. The van der Waals surface area contributed by atoms with E-state index in [1.807, 2.05) is 24.3 Å². The fourth-order valence-corrected chi connectivity index (χ4v) is 4.53. The molecule has 2 heteroatoms. The van der Waals surface area contributed by atoms with Crippen molar-refractivity contribution in [2.24, 2.45) is 5.92 Å². The van der Waals surface area contributed by atoms with Crippen LogP contribution in [0.3, 0.4) is 0 Å². The van der Waals surface area contributed by atoms with Gasteiger partial charge in [-0.3, -0.25) is 0 Å². The van der Waals surface area contributed by atoms with E-state index in [1.165, 1.54) is 48.6 Å². The number of benzene rings is 2. The maximum Gasteiger partial charge on any atom is 0.337 e. The first-order chi connectivity index (χ1) is 14.5. The Kier molecular flexibility index (Phi) is 6.79. The predicted molar refractivity (Wildman–Crippen MR) is 132 cm³/mol. The standard InChI is InChI=1S/C29H38O2/c1-20(2)8-12-23-18-25-26(29(5,6)17-16-28(25,3)4)19-24(23)15-11-21-9-13-22(14-10-21)27(30)31-7/h9-11,13-15,18-20H,8,12,16-17H2,1-7H3. The first-order valence-electron chi connectivity index (χ1n) is 11.6. The summed E-state index contributed by atoms with van der Waals surface area (Å²) in [5.41, 5.74) is 7.88. The Labute approximate surface area is 188 Å². The molecule has 0 saturated heterocycles. The molecule has 1 aliphatic rings. The number of ether oxygens (including phenoxy) is 1. The molecule has 0 heterocycles. The number of aryl methyl sites for hydroxylation is 1. The number of methoxy groups -OCH3 is 1. The Morgan fingerprint density at radius 1 is 0.968 bits per heavy atom. The molecule has 2 aromatic rings. The molecule has 2 nitrogen and oxygen atoms in total. The lowest BCUT2D eigenvalue weighted by molar-refractivity contribution is 0.0600. The van der Waals surface area contributed by atoms with Crippen LogP contribution in [0.4, 0.5) is 0 Å². The zero-order valence-electron chi connectivity index (χ0n) is 20.3. The number of esters is 1. The van der Waals surface area contributed by atoms with E-state index < -0.39 is 0 Å². The molecule has 166 valence electrons. The molecule has 0 fully saturated rings. The first-order valence-corrected chi connectivity index (χ1v) is 11.6. The van der Waals surface area contributed by atoms with Crippen LogP contribution in [0, 0.1) is 5.92 Å². The lowest BCUT2D eigenvalue weighted by Crippen LogP contribution is -2.34. The van der Waals surface area contributed by atoms with E-state index >= 15 is 0 Å². The van der Waals surface area contributed by atoms with Gasteiger partial charge in [-0.15, -0.1) is 0 Å². The third-order valence-electron chi connectivity index (χ3n) is 6.89. The van der Waals surface area contributed by atoms with Crippen molar-refractivity contribution in [2.75, 3.05) is 7.11 Å². The minimum atomic E-state index is -0.300. The van der Waals surface area contributed by atoms with Crippen LogP contribution < -0.4 is 0 Å². The SMILES string of the molecule is COC(=O)c1ccc(C=Cc2cc3c(cc2CCC(C)C)C(C)(C)CCC3(C)C)cc1. The second kappa shape index (κ2) is 9.02. The van der Waals surface area contributed by atoms with Crippen molar-refractivity contribution in [1.82, 2.24) is 0 Å². The van der Waals surface area contributed by atoms with Gasteiger partial charge in [0.25, 0.3) is 0 Å². The van der Waals surface area contributed by atoms with E-state index in [0.29, 0.717) is 11.5 Å². The van der Waals surface area contributed by atoms with E-state index in [-0.39, 0.29) is 16.8 Å². The minimum absolute atomic E-state index is 0.201. The van der Waals surface area contributed by atoms with Gasteiger partial charge < -0.3 is 4.74 Å². The Balaban J connectivity index is 2.01. The van der Waals surface area contributed by atoms with Crippen molar-refractivity contribution < 1.29 is 9.53 Å². The number of hydrogen-bond acceptors (Lipinski definition) is 2. The van der Waals surface area contributed by atoms with Crippen molar-refractivity contribution >= 4 is 18.1 Å². The van der Waals surface area contributed by atoms with Crippen molar-refractivity contribution in [3.8, 4) is 0 Å². The summed E-state index contributed by atoms with van der Waals surface area (Å²) in [7, 11) is 1.41. The van der Waals surface area contributed by atoms with Gasteiger partial charge in [0.1, 0.15) is 0 Å². The van der Waals surface area contributed by atoms with Crippen molar-refractivity contribution in [3.05, 3.63) is 69.8 Å². The summed E-state index contributed by atoms with van der Waals surface area (Å²) in [6.07, 6.45) is 9.15. The number of carbonyl (C=O) groups excluding carboxylic acids is 1. The van der Waals surface area contributed by atoms with Gasteiger partial charge in [0.15, 0.2) is 0 Å². The summed E-state index contributed by atoms with van der Waals surface area (Å²) in [4.78, 5) is 11.7. The minimum Gasteiger partial charge on any atom is -0.465 e. The monoisotopic (exact) mass is 418 g/mol. The van der Waals surface area contributed by atoms with E-state index in [9.17, 15) is 4.79 Å². The topological polar surface area (TPSA) is 26.3 Å². The molecule has 0 N–H and O–H groups in total. The molecule has 0 aliphatic heterocycles. The molecule has 31 heavy (non-hydrogen) atoms. The maximum atomic E-state index is 11.7. The van der Waals surface area contributed by atoms with Crippen LogP contribution in [-0.4, -0.2) is 13.1 Å². The van der Waals surface area contributed by atoms with Gasteiger partial charge in [0.2, 0.25) is 0 Å². The largest absolute Gasteiger partial charge is 0.465 e. The third-order valence-corrected chi connectivity index (χ3v) is 6.89. The Hall–Kier alpha value is -2.35. The number of carbonyl (C=O) groups is 1. The molecule has 0 amide bonds. The highest BCUT2D eigenvalue weighted by molar-refractivity contribution is 5.89. The normalized spacial score (nSPS) is 17.0. The summed E-state index contributed by atoms with van der Waals surface area (Å²) in [5, 5.41) is 0. The van der Waals surface area contributed by atoms with Crippen LogP contribution in [0.5, 0.6) is 0 Å². The molecule has 0 unspecified atom stereocenters. The summed E-state index contributed by atoms with van der Waals surface area (Å²) < 4.78 is 4.80. The summed E-state index contributed by atoms with van der Waals surface area (Å²) in [6.45, 7) is 14.1. The number of fused-ring (bicyclic) bond motifs is 1. The highest BCUT2D eigenvalue weighted by atomic mass is 16.5. The molecule has 0 aromatic heterocycles. The Bertz CT molecular complexity index is 959. The average molecular weight is 419 g/mol. The van der Waals surface area contributed by atoms with Gasteiger partial charge in [-0.25, -0.2) is 4.79 Å². The van der Waals surface area contributed by atoms with Gasteiger partial charge in [0, 0.05) is 0 Å². The Morgan fingerprint density at radius 3 is 2.10 bits per heavy atom. The summed E-state index contributed by atoms with van der Waals surface area (Å²) >= 11 is 0. The van der Waals surface area contributed by atoms with Crippen molar-refractivity contribution in [3.63, 3.8) is 0 Å². The van der Waals surface area contributed by atoms with Crippen LogP contribution in [0.25, 0.3) is 12.2 Å². The molecule has 0 spiro atoms. The average Bonchev–Trinajstić information content (AvgIpc) is 2.73. The van der Waals surface area contributed by atoms with Crippen LogP contribution in [-0.2, 0) is 22.0 Å². The molecule has 0 bridgehead atoms. The van der Waals surface area contributed by atoms with Gasteiger partial charge in [0.05, 0.1) is 12.7 Å². The maximum absolute atomic E-state index is 11.7. The molecule has 3 rings (SSSR count). The molecule has 0 atom stereocenters. The summed E-state index contributed by atoms with van der Waals surface area (Å²) in [5.74, 6) is 0.384. The number of rotatable bonds is 6. The molecular weight excluding hydrogens is 380 g/mol. The van der Waals surface area contributed by atoms with Gasteiger partial charge in [-0.2, -0.15) is 0 Å². The van der Waals surface area contributed by atoms with Crippen LogP contribution in [0.1, 0.15) is 99.0 Å². The second-order valence-electron chi connectivity index (χ2n) is 10.7. The smallest absolute Gasteiger partial charge is 0.337 e. The lowest BCUT2D eigenvalue weighted by Gasteiger charge is -2.42. The van der Waals surface area contributed by atoms with Gasteiger partial charge in [-0.1, -0.05) is 78.0 Å². The van der Waals surface area contributed by atoms with Crippen molar-refractivity contribution in [2.45, 2.75) is 78.1 Å². The van der Waals surface area contributed by atoms with Gasteiger partial charge in [-0.05, 0) is 82.4 Å². The van der Waals surface area contributed by atoms with E-state index in [0.717, 1.165) is 12.0 Å². The van der Waals surface area contributed by atoms with Crippen LogP contribution >= 0.6 is 0 Å². The van der Waals surface area contributed by atoms with Crippen molar-refractivity contribution in [1.29, 1.82) is 0 Å². The van der Waals surface area contributed by atoms with Crippen LogP contribution in [0.15, 0.2) is 36.4 Å². The fourth-order valence-electron chi connectivity index (χ4n) is 4.53. The van der Waals surface area contributed by atoms with E-state index in [2.05, 4.69) is 65.8 Å². The molecule has 2 aromatic carbocycles. The zero-order chi connectivity index (χ0) is 22.8. The molecule has 0 saturated carbocycles. The highest BCUT2D eigenvalue weighted by Crippen LogP contribution is 2.47. The molecular formula is C29H38O2. The Morgan fingerprint density at radius 2 is 1.55 bits per heavy atom. The summed E-state index contributed by atoms with van der Waals surface area (Å²) in [6, 6.07) is 12.5. The third kappa shape index (κ3) is 5.29. The van der Waals surface area contributed by atoms with Gasteiger partial charge >= 0.3 is 5.97 Å². The quantitative estimate of drug-likeness (QED) is 0.357. The second-order valence-corrected chi connectivity index (χ2v) is 10.7. The number of hydrogen-bond donors (Lipinski definition) is 0. The predicted octanol–water partition coefficient (Wildman–Crippen LogP) is 7.58. The molecule has 0 radical (unpaired) electrons. The molecule has 1 aliphatic carbocycles. The first kappa shape index (κ1) is 23.3. The zero-order valence-corrected chi connectivity index (χ0v) is 20.3. The van der Waals surface area contributed by atoms with E-state index in [4.69, 9.17) is 4.74 Å². The van der Waals surface area contributed by atoms with E-state index in [1.54, 1.807) is 0 Å². The van der Waals surface area contributed by atoms with Crippen LogP contribution in [0.2, 0.25) is 0 Å².